The van der Waals surface area contributed by atoms with Gasteiger partial charge in [-0.3, -0.25) is 0 Å². The third kappa shape index (κ3) is 7.82. The third-order valence-electron chi connectivity index (χ3n) is 2.62. The number of nitrogens with one attached hydrogen (secondary N) is 2. The average Bonchev–Trinajstić information content (AvgIpc) is 2.37. The van der Waals surface area contributed by atoms with Crippen molar-refractivity contribution < 1.29 is 70.8 Å². The van der Waals surface area contributed by atoms with Gasteiger partial charge in [-0.05, 0) is 24.5 Å². The van der Waals surface area contributed by atoms with Gasteiger partial charge in [-0.1, -0.05) is 19.9 Å². The molecule has 0 saturated heterocycles. The molecule has 0 radical (unpaired) electrons. The number of hydrogen-bond acceptors (Lipinski definition) is 4. The first kappa shape index (κ1) is 20.4. The number of carboxylic acids is 1. The van der Waals surface area contributed by atoms with Gasteiger partial charge >= 0.3 is 57.4 Å². The minimum atomic E-state index is -1.29. The molecule has 7 heteroatoms. The molecule has 0 aliphatic rings. The summed E-state index contributed by atoms with van der Waals surface area (Å²) in [7, 11) is 1.52. The van der Waals surface area contributed by atoms with Crippen molar-refractivity contribution in [1.29, 1.82) is 0 Å². The van der Waals surface area contributed by atoms with E-state index in [1.54, 1.807) is 24.3 Å². The summed E-state index contributed by atoms with van der Waals surface area (Å²) in [6.07, 6.45) is 0.313. The Balaban J connectivity index is 0.00000400. The van der Waals surface area contributed by atoms with Gasteiger partial charge in [0, 0.05) is 11.8 Å². The number of hydrogen-bond donors (Lipinski definition) is 2. The molecule has 2 amide bonds. The van der Waals surface area contributed by atoms with Crippen LogP contribution in [-0.2, 0) is 4.79 Å². The SMILES string of the molecule is COc1cccc(NC(=O)NC(CC(C)C)C(=O)[O-])c1.[K+]. The summed E-state index contributed by atoms with van der Waals surface area (Å²) in [6.45, 7) is 3.75. The number of carbonyl (C=O) groups is 2. The van der Waals surface area contributed by atoms with Crippen LogP contribution in [0, 0.1) is 5.92 Å². The molecule has 0 fully saturated rings. The Morgan fingerprint density at radius 1 is 1.33 bits per heavy atom. The van der Waals surface area contributed by atoms with E-state index < -0.39 is 18.0 Å². The van der Waals surface area contributed by atoms with Crippen LogP contribution >= 0.6 is 0 Å². The largest absolute Gasteiger partial charge is 1.00 e. The molecule has 110 valence electrons. The molecule has 0 aliphatic carbocycles. The van der Waals surface area contributed by atoms with Gasteiger partial charge in [0.2, 0.25) is 0 Å². The first-order valence-electron chi connectivity index (χ1n) is 6.34. The zero-order valence-electron chi connectivity index (χ0n) is 12.8. The van der Waals surface area contributed by atoms with E-state index >= 15 is 0 Å². The first-order chi connectivity index (χ1) is 9.42. The Morgan fingerprint density at radius 2 is 2.00 bits per heavy atom. The molecule has 0 bridgehead atoms. The molecule has 0 heterocycles. The van der Waals surface area contributed by atoms with E-state index in [-0.39, 0.29) is 57.3 Å². The summed E-state index contributed by atoms with van der Waals surface area (Å²) < 4.78 is 5.03. The molecule has 1 aromatic carbocycles. The summed E-state index contributed by atoms with van der Waals surface area (Å²) in [5.41, 5.74) is 0.517. The van der Waals surface area contributed by atoms with E-state index in [0.717, 1.165) is 0 Å². The van der Waals surface area contributed by atoms with Crippen molar-refractivity contribution in [3.63, 3.8) is 0 Å². The van der Waals surface area contributed by atoms with E-state index in [1.807, 2.05) is 13.8 Å². The van der Waals surface area contributed by atoms with E-state index in [2.05, 4.69) is 10.6 Å². The number of ether oxygens (including phenoxy) is 1. The molecule has 1 unspecified atom stereocenters. The molecule has 21 heavy (non-hydrogen) atoms. The molecule has 1 atom stereocenters. The van der Waals surface area contributed by atoms with Crippen molar-refractivity contribution in [1.82, 2.24) is 5.32 Å². The van der Waals surface area contributed by atoms with Crippen molar-refractivity contribution in [3.05, 3.63) is 24.3 Å². The summed E-state index contributed by atoms with van der Waals surface area (Å²) in [5, 5.41) is 15.9. The molecule has 2 N–H and O–H groups in total. The predicted octanol–water partition coefficient (Wildman–Crippen LogP) is -2.01. The molecule has 0 spiro atoms. The van der Waals surface area contributed by atoms with Crippen LogP contribution in [-0.4, -0.2) is 25.2 Å². The Labute approximate surface area is 167 Å². The van der Waals surface area contributed by atoms with Crippen LogP contribution in [0.2, 0.25) is 0 Å². The molecule has 6 nitrogen and oxygen atoms in total. The molecule has 0 aliphatic heterocycles. The van der Waals surface area contributed by atoms with Crippen molar-refractivity contribution in [3.8, 4) is 5.75 Å². The molecule has 1 rings (SSSR count). The first-order valence-corrected chi connectivity index (χ1v) is 6.34. The van der Waals surface area contributed by atoms with Crippen LogP contribution in [0.15, 0.2) is 24.3 Å². The maximum absolute atomic E-state index is 11.8. The van der Waals surface area contributed by atoms with Crippen LogP contribution < -0.4 is 71.9 Å². The fourth-order valence-corrected chi connectivity index (χ4v) is 1.71. The number of amides is 2. The summed E-state index contributed by atoms with van der Waals surface area (Å²) >= 11 is 0. The van der Waals surface area contributed by atoms with Crippen LogP contribution in [0.1, 0.15) is 20.3 Å². The Morgan fingerprint density at radius 3 is 2.52 bits per heavy atom. The van der Waals surface area contributed by atoms with E-state index in [4.69, 9.17) is 4.74 Å². The smallest absolute Gasteiger partial charge is 0.548 e. The summed E-state index contributed by atoms with van der Waals surface area (Å²) in [4.78, 5) is 22.7. The fourth-order valence-electron chi connectivity index (χ4n) is 1.71. The number of carbonyl (C=O) groups excluding carboxylic acids is 2. The summed E-state index contributed by atoms with van der Waals surface area (Å²) in [6, 6.07) is 5.17. The number of carboxylic acid groups (broad SMARTS) is 1. The van der Waals surface area contributed by atoms with Gasteiger partial charge in [-0.15, -0.1) is 0 Å². The monoisotopic (exact) mass is 318 g/mol. The molecule has 1 aromatic rings. The molecular weight excluding hydrogens is 299 g/mol. The van der Waals surface area contributed by atoms with Crippen LogP contribution in [0.3, 0.4) is 0 Å². The van der Waals surface area contributed by atoms with Gasteiger partial charge in [0.1, 0.15) is 5.75 Å². The Bertz CT molecular complexity index is 480. The quantitative estimate of drug-likeness (QED) is 0.593. The number of methoxy groups -OCH3 is 1. The number of aliphatic carboxylic acids is 1. The van der Waals surface area contributed by atoms with Crippen LogP contribution in [0.4, 0.5) is 10.5 Å². The fraction of sp³-hybridized carbons (Fsp3) is 0.429. The van der Waals surface area contributed by atoms with Gasteiger partial charge in [-0.2, -0.15) is 0 Å². The number of rotatable bonds is 6. The molecule has 0 aromatic heterocycles. The van der Waals surface area contributed by atoms with E-state index in [9.17, 15) is 14.7 Å². The molecule has 0 saturated carbocycles. The van der Waals surface area contributed by atoms with Crippen LogP contribution in [0.5, 0.6) is 5.75 Å². The van der Waals surface area contributed by atoms with Gasteiger partial charge < -0.3 is 25.3 Å². The van der Waals surface area contributed by atoms with Crippen molar-refractivity contribution >= 4 is 17.7 Å². The normalized spacial score (nSPS) is 11.2. The van der Waals surface area contributed by atoms with Gasteiger partial charge in [-0.25, -0.2) is 4.79 Å². The Kier molecular flexibility index (Phi) is 9.88. The minimum Gasteiger partial charge on any atom is -0.548 e. The zero-order valence-corrected chi connectivity index (χ0v) is 15.9. The van der Waals surface area contributed by atoms with Crippen molar-refractivity contribution in [2.24, 2.45) is 5.92 Å². The molecular formula is C14H19KN2O4. The predicted molar refractivity (Wildman–Crippen MR) is 73.4 cm³/mol. The second kappa shape index (κ2) is 10.2. The Hall–Kier alpha value is -0.604. The van der Waals surface area contributed by atoms with Gasteiger partial charge in [0.25, 0.3) is 0 Å². The number of urea groups is 1. The maximum atomic E-state index is 11.8. The van der Waals surface area contributed by atoms with Gasteiger partial charge in [0.05, 0.1) is 19.1 Å². The zero-order chi connectivity index (χ0) is 15.1. The van der Waals surface area contributed by atoms with Gasteiger partial charge in [0.15, 0.2) is 0 Å². The second-order valence-corrected chi connectivity index (χ2v) is 4.83. The minimum absolute atomic E-state index is 0. The third-order valence-corrected chi connectivity index (χ3v) is 2.62. The van der Waals surface area contributed by atoms with E-state index in [0.29, 0.717) is 17.9 Å². The standard InChI is InChI=1S/C14H20N2O4.K/c1-9(2)7-12(13(17)18)16-14(19)15-10-5-4-6-11(8-10)20-3;/h4-6,8-9,12H,7H2,1-3H3,(H,17,18)(H2,15,16,19);/q;+1/p-1. The topological polar surface area (TPSA) is 90.5 Å². The summed E-state index contributed by atoms with van der Waals surface area (Å²) in [5.74, 6) is -0.559. The maximum Gasteiger partial charge on any atom is 1.00 e. The van der Waals surface area contributed by atoms with Crippen molar-refractivity contribution in [2.75, 3.05) is 12.4 Å². The number of anilines is 1. The van der Waals surface area contributed by atoms with Crippen LogP contribution in [0.25, 0.3) is 0 Å². The second-order valence-electron chi connectivity index (χ2n) is 4.83. The van der Waals surface area contributed by atoms with Crippen molar-refractivity contribution in [2.45, 2.75) is 26.3 Å². The average molecular weight is 318 g/mol. The van der Waals surface area contributed by atoms with E-state index in [1.165, 1.54) is 7.11 Å². The number of benzene rings is 1.